The molecule has 1 aliphatic heterocycles. The third-order valence-corrected chi connectivity index (χ3v) is 4.69. The average molecular weight is 303 g/mol. The van der Waals surface area contributed by atoms with Crippen molar-refractivity contribution in [3.8, 4) is 0 Å². The van der Waals surface area contributed by atoms with Crippen molar-refractivity contribution in [1.82, 2.24) is 14.5 Å². The van der Waals surface area contributed by atoms with Gasteiger partial charge in [-0.3, -0.25) is 4.90 Å². The highest BCUT2D eigenvalue weighted by atomic mass is 15.2. The molecule has 0 fully saturated rings. The van der Waals surface area contributed by atoms with Crippen molar-refractivity contribution in [3.63, 3.8) is 0 Å². The summed E-state index contributed by atoms with van der Waals surface area (Å²) in [7, 11) is 0. The van der Waals surface area contributed by atoms with Crippen LogP contribution in [0.15, 0.2) is 73.2 Å². The fraction of sp³-hybridized carbons (Fsp3) is 0.250. The van der Waals surface area contributed by atoms with E-state index in [4.69, 9.17) is 0 Å². The largest absolute Gasteiger partial charge is 0.332 e. The van der Waals surface area contributed by atoms with Gasteiger partial charge in [-0.1, -0.05) is 60.7 Å². The maximum absolute atomic E-state index is 4.27. The van der Waals surface area contributed by atoms with Crippen LogP contribution in [0.3, 0.4) is 0 Å². The van der Waals surface area contributed by atoms with Crippen LogP contribution in [0.1, 0.15) is 22.7 Å². The van der Waals surface area contributed by atoms with E-state index < -0.39 is 0 Å². The molecule has 3 nitrogen and oxygen atoms in total. The summed E-state index contributed by atoms with van der Waals surface area (Å²) >= 11 is 0. The van der Waals surface area contributed by atoms with E-state index in [0.717, 1.165) is 26.2 Å². The summed E-state index contributed by atoms with van der Waals surface area (Å²) in [5.41, 5.74) is 4.09. The maximum atomic E-state index is 4.27. The number of nitrogens with zero attached hydrogens (tertiary/aromatic N) is 3. The molecule has 0 spiro atoms. The van der Waals surface area contributed by atoms with Crippen molar-refractivity contribution in [3.05, 3.63) is 90.0 Å². The monoisotopic (exact) mass is 303 g/mol. The third-order valence-electron chi connectivity index (χ3n) is 4.69. The van der Waals surface area contributed by atoms with Crippen molar-refractivity contribution >= 4 is 0 Å². The third kappa shape index (κ3) is 3.06. The average Bonchev–Trinajstić information content (AvgIpc) is 3.09. The van der Waals surface area contributed by atoms with Gasteiger partial charge < -0.3 is 4.57 Å². The molecule has 3 heteroatoms. The van der Waals surface area contributed by atoms with E-state index in [0.29, 0.717) is 5.92 Å². The molecule has 0 saturated heterocycles. The van der Waals surface area contributed by atoms with Crippen LogP contribution in [-0.2, 0) is 13.1 Å². The van der Waals surface area contributed by atoms with Gasteiger partial charge >= 0.3 is 0 Å². The van der Waals surface area contributed by atoms with Crippen LogP contribution in [0, 0.1) is 0 Å². The van der Waals surface area contributed by atoms with E-state index in [2.05, 4.69) is 75.1 Å². The van der Waals surface area contributed by atoms with Gasteiger partial charge in [-0.05, 0) is 11.1 Å². The van der Waals surface area contributed by atoms with Gasteiger partial charge in [-0.2, -0.15) is 0 Å². The van der Waals surface area contributed by atoms with Gasteiger partial charge in [-0.15, -0.1) is 0 Å². The van der Waals surface area contributed by atoms with Gasteiger partial charge in [0.15, 0.2) is 0 Å². The number of fused-ring (bicyclic) bond motifs is 1. The first kappa shape index (κ1) is 14.2. The number of aromatic nitrogens is 2. The van der Waals surface area contributed by atoms with Crippen molar-refractivity contribution in [2.45, 2.75) is 19.0 Å². The van der Waals surface area contributed by atoms with Crippen LogP contribution in [0.4, 0.5) is 0 Å². The standard InChI is InChI=1S/C20H21N3/c1-3-7-17(8-4-1)20(18-9-5-2-6-10-18)15-22-11-12-23-16-21-13-19(23)14-22/h1-10,13,16,20H,11-12,14-15H2. The summed E-state index contributed by atoms with van der Waals surface area (Å²) in [6.45, 7) is 4.14. The normalized spacial score (nSPS) is 14.8. The summed E-state index contributed by atoms with van der Waals surface area (Å²) in [6, 6.07) is 21.7. The van der Waals surface area contributed by atoms with E-state index in [9.17, 15) is 0 Å². The van der Waals surface area contributed by atoms with Gasteiger partial charge in [0.2, 0.25) is 0 Å². The molecule has 23 heavy (non-hydrogen) atoms. The second kappa shape index (κ2) is 6.39. The summed E-state index contributed by atoms with van der Waals surface area (Å²) in [5.74, 6) is 0.409. The number of hydrogen-bond donors (Lipinski definition) is 0. The second-order valence-electron chi connectivity index (χ2n) is 6.19. The minimum Gasteiger partial charge on any atom is -0.332 e. The van der Waals surface area contributed by atoms with Crippen molar-refractivity contribution < 1.29 is 0 Å². The van der Waals surface area contributed by atoms with Crippen molar-refractivity contribution in [2.24, 2.45) is 0 Å². The Kier molecular flexibility index (Phi) is 3.95. The van der Waals surface area contributed by atoms with Gasteiger partial charge in [0.05, 0.1) is 12.0 Å². The van der Waals surface area contributed by atoms with Crippen molar-refractivity contribution in [1.29, 1.82) is 0 Å². The molecule has 4 rings (SSSR count). The SMILES string of the molecule is c1ccc(C(CN2CCn3cncc3C2)c2ccccc2)cc1. The van der Waals surface area contributed by atoms with E-state index in [1.54, 1.807) is 0 Å². The molecule has 1 aromatic heterocycles. The van der Waals surface area contributed by atoms with Crippen LogP contribution < -0.4 is 0 Å². The topological polar surface area (TPSA) is 21.1 Å². The highest BCUT2D eigenvalue weighted by Gasteiger charge is 2.21. The molecule has 0 atom stereocenters. The summed E-state index contributed by atoms with van der Waals surface area (Å²) in [6.07, 6.45) is 3.94. The smallest absolute Gasteiger partial charge is 0.0949 e. The minimum atomic E-state index is 0.409. The molecule has 116 valence electrons. The number of benzene rings is 2. The lowest BCUT2D eigenvalue weighted by Crippen LogP contribution is -2.36. The Morgan fingerprint density at radius 1 is 0.870 bits per heavy atom. The highest BCUT2D eigenvalue weighted by molar-refractivity contribution is 5.32. The first-order valence-corrected chi connectivity index (χ1v) is 8.21. The van der Waals surface area contributed by atoms with Gasteiger partial charge in [0.25, 0.3) is 0 Å². The van der Waals surface area contributed by atoms with Crippen LogP contribution in [0.5, 0.6) is 0 Å². The van der Waals surface area contributed by atoms with E-state index >= 15 is 0 Å². The number of rotatable bonds is 4. The minimum absolute atomic E-state index is 0.409. The lowest BCUT2D eigenvalue weighted by atomic mass is 9.90. The molecule has 0 N–H and O–H groups in total. The Balaban J connectivity index is 1.59. The lowest BCUT2D eigenvalue weighted by Gasteiger charge is -2.31. The molecule has 0 unspecified atom stereocenters. The Bertz CT molecular complexity index is 709. The zero-order valence-electron chi connectivity index (χ0n) is 13.2. The first-order valence-electron chi connectivity index (χ1n) is 8.21. The Labute approximate surface area is 137 Å². The molecule has 0 radical (unpaired) electrons. The molecule has 0 bridgehead atoms. The predicted molar refractivity (Wildman–Crippen MR) is 92.2 cm³/mol. The predicted octanol–water partition coefficient (Wildman–Crippen LogP) is 3.53. The van der Waals surface area contributed by atoms with Gasteiger partial charge in [0, 0.05) is 38.3 Å². The molecular weight excluding hydrogens is 282 g/mol. The molecule has 0 aliphatic carbocycles. The van der Waals surface area contributed by atoms with E-state index in [-0.39, 0.29) is 0 Å². The van der Waals surface area contributed by atoms with Crippen LogP contribution in [0.2, 0.25) is 0 Å². The Morgan fingerprint density at radius 2 is 1.52 bits per heavy atom. The summed E-state index contributed by atoms with van der Waals surface area (Å²) < 4.78 is 2.26. The Hall–Kier alpha value is -2.39. The molecule has 2 heterocycles. The summed E-state index contributed by atoms with van der Waals surface area (Å²) in [5, 5.41) is 0. The molecular formula is C20H21N3. The van der Waals surface area contributed by atoms with Gasteiger partial charge in [-0.25, -0.2) is 4.98 Å². The summed E-state index contributed by atoms with van der Waals surface area (Å²) in [4.78, 5) is 6.81. The van der Waals surface area contributed by atoms with Gasteiger partial charge in [0.1, 0.15) is 0 Å². The lowest BCUT2D eigenvalue weighted by molar-refractivity contribution is 0.215. The second-order valence-corrected chi connectivity index (χ2v) is 6.19. The fourth-order valence-electron chi connectivity index (χ4n) is 3.43. The van der Waals surface area contributed by atoms with Crippen LogP contribution in [0.25, 0.3) is 0 Å². The fourth-order valence-corrected chi connectivity index (χ4v) is 3.43. The molecule has 0 amide bonds. The highest BCUT2D eigenvalue weighted by Crippen LogP contribution is 2.27. The first-order chi connectivity index (χ1) is 11.4. The van der Waals surface area contributed by atoms with Crippen LogP contribution >= 0.6 is 0 Å². The zero-order chi connectivity index (χ0) is 15.5. The zero-order valence-corrected chi connectivity index (χ0v) is 13.2. The number of hydrogen-bond acceptors (Lipinski definition) is 2. The van der Waals surface area contributed by atoms with E-state index in [1.807, 2.05) is 12.5 Å². The van der Waals surface area contributed by atoms with E-state index in [1.165, 1.54) is 16.8 Å². The van der Waals surface area contributed by atoms with Crippen LogP contribution in [-0.4, -0.2) is 27.5 Å². The number of imidazole rings is 1. The maximum Gasteiger partial charge on any atom is 0.0949 e. The molecule has 3 aromatic rings. The quantitative estimate of drug-likeness (QED) is 0.735. The molecule has 2 aromatic carbocycles. The molecule has 1 aliphatic rings. The van der Waals surface area contributed by atoms with Crippen molar-refractivity contribution in [2.75, 3.05) is 13.1 Å². The Morgan fingerprint density at radius 3 is 2.17 bits per heavy atom. The molecule has 0 saturated carbocycles.